The smallest absolute Gasteiger partial charge is 0.0794 e. The first-order chi connectivity index (χ1) is 9.19. The van der Waals surface area contributed by atoms with Gasteiger partial charge in [-0.15, -0.1) is 11.3 Å². The monoisotopic (exact) mass is 314 g/mol. The van der Waals surface area contributed by atoms with Crippen molar-refractivity contribution in [1.29, 1.82) is 0 Å². The molecule has 0 aliphatic carbocycles. The Kier molecular flexibility index (Phi) is 5.64. The van der Waals surface area contributed by atoms with E-state index in [0.717, 1.165) is 19.4 Å². The quantitative estimate of drug-likeness (QED) is 0.863. The fourth-order valence-electron chi connectivity index (χ4n) is 2.04. The minimum Gasteiger partial charge on any atom is -0.314 e. The summed E-state index contributed by atoms with van der Waals surface area (Å²) < 4.78 is 0. The van der Waals surface area contributed by atoms with Crippen molar-refractivity contribution in [3.8, 4) is 0 Å². The summed E-state index contributed by atoms with van der Waals surface area (Å²) in [6.45, 7) is 3.07. The molecular formula is C14H16Cl2N2S. The van der Waals surface area contributed by atoms with Crippen molar-refractivity contribution in [3.05, 3.63) is 50.4 Å². The van der Waals surface area contributed by atoms with Crippen molar-refractivity contribution in [2.45, 2.75) is 25.8 Å². The van der Waals surface area contributed by atoms with Crippen LogP contribution in [0.3, 0.4) is 0 Å². The number of halogens is 2. The van der Waals surface area contributed by atoms with Crippen LogP contribution >= 0.6 is 34.5 Å². The van der Waals surface area contributed by atoms with Crippen molar-refractivity contribution in [3.63, 3.8) is 0 Å². The summed E-state index contributed by atoms with van der Waals surface area (Å²) in [6.07, 6.45) is 3.85. The molecule has 1 N–H and O–H groups in total. The number of hydrogen-bond acceptors (Lipinski definition) is 3. The van der Waals surface area contributed by atoms with Gasteiger partial charge in [0.05, 0.1) is 15.6 Å². The van der Waals surface area contributed by atoms with Gasteiger partial charge in [-0.3, -0.25) is 4.98 Å². The highest BCUT2D eigenvalue weighted by Crippen LogP contribution is 2.23. The topological polar surface area (TPSA) is 24.9 Å². The average molecular weight is 315 g/mol. The second kappa shape index (κ2) is 7.25. The van der Waals surface area contributed by atoms with Gasteiger partial charge in [0, 0.05) is 17.1 Å². The van der Waals surface area contributed by atoms with Crippen LogP contribution in [-0.2, 0) is 12.8 Å². The van der Waals surface area contributed by atoms with Gasteiger partial charge in [0.1, 0.15) is 0 Å². The first kappa shape index (κ1) is 14.8. The third kappa shape index (κ3) is 4.46. The minimum absolute atomic E-state index is 0.391. The third-order valence-electron chi connectivity index (χ3n) is 2.89. The molecule has 1 heterocycles. The van der Waals surface area contributed by atoms with E-state index in [4.69, 9.17) is 23.2 Å². The molecule has 0 aliphatic heterocycles. The first-order valence-corrected chi connectivity index (χ1v) is 7.87. The Labute approximate surface area is 127 Å². The molecule has 1 aromatic carbocycles. The third-order valence-corrected chi connectivity index (χ3v) is 4.43. The standard InChI is InChI=1S/C14H16Cl2N2S/c1-2-18-11(7-12-8-17-9-19-12)5-10-3-4-13(15)14(16)6-10/h3-4,6,8-9,11,18H,2,5,7H2,1H3. The Hall–Kier alpha value is -0.610. The van der Waals surface area contributed by atoms with Gasteiger partial charge >= 0.3 is 0 Å². The van der Waals surface area contributed by atoms with Crippen LogP contribution in [-0.4, -0.2) is 17.6 Å². The average Bonchev–Trinajstić information content (AvgIpc) is 2.87. The Balaban J connectivity index is 2.05. The summed E-state index contributed by atoms with van der Waals surface area (Å²) in [7, 11) is 0. The molecule has 1 aromatic heterocycles. The van der Waals surface area contributed by atoms with Gasteiger partial charge < -0.3 is 5.32 Å². The fraction of sp³-hybridized carbons (Fsp3) is 0.357. The van der Waals surface area contributed by atoms with Crippen molar-refractivity contribution in [1.82, 2.24) is 10.3 Å². The molecule has 5 heteroatoms. The molecule has 2 aromatic rings. The molecule has 102 valence electrons. The van der Waals surface area contributed by atoms with E-state index in [1.165, 1.54) is 10.4 Å². The number of benzene rings is 1. The summed E-state index contributed by atoms with van der Waals surface area (Å²) in [4.78, 5) is 5.42. The predicted octanol–water partition coefficient (Wildman–Crippen LogP) is 4.21. The van der Waals surface area contributed by atoms with E-state index >= 15 is 0 Å². The van der Waals surface area contributed by atoms with Gasteiger partial charge in [0.25, 0.3) is 0 Å². The maximum absolute atomic E-state index is 6.06. The second-order valence-electron chi connectivity index (χ2n) is 4.38. The largest absolute Gasteiger partial charge is 0.314 e. The molecule has 0 spiro atoms. The van der Waals surface area contributed by atoms with Crippen molar-refractivity contribution in [2.75, 3.05) is 6.54 Å². The fourth-order valence-corrected chi connectivity index (χ4v) is 3.04. The second-order valence-corrected chi connectivity index (χ2v) is 6.16. The lowest BCUT2D eigenvalue weighted by atomic mass is 10.0. The van der Waals surface area contributed by atoms with Crippen molar-refractivity contribution in [2.24, 2.45) is 0 Å². The zero-order valence-corrected chi connectivity index (χ0v) is 13.0. The number of hydrogen-bond donors (Lipinski definition) is 1. The van der Waals surface area contributed by atoms with Gasteiger partial charge in [-0.2, -0.15) is 0 Å². The molecule has 2 rings (SSSR count). The Morgan fingerprint density at radius 3 is 2.74 bits per heavy atom. The van der Waals surface area contributed by atoms with E-state index in [2.05, 4.69) is 17.2 Å². The summed E-state index contributed by atoms with van der Waals surface area (Å²) in [5, 5.41) is 4.73. The normalized spacial score (nSPS) is 12.6. The molecule has 0 bridgehead atoms. The van der Waals surface area contributed by atoms with Crippen LogP contribution < -0.4 is 5.32 Å². The van der Waals surface area contributed by atoms with Gasteiger partial charge in [0.2, 0.25) is 0 Å². The van der Waals surface area contributed by atoms with Crippen LogP contribution in [0.25, 0.3) is 0 Å². The zero-order chi connectivity index (χ0) is 13.7. The highest BCUT2D eigenvalue weighted by Gasteiger charge is 2.11. The Bertz CT molecular complexity index is 514. The molecule has 2 nitrogen and oxygen atoms in total. The predicted molar refractivity (Wildman–Crippen MR) is 83.4 cm³/mol. The SMILES string of the molecule is CCNC(Cc1ccc(Cl)c(Cl)c1)Cc1cncs1. The van der Waals surface area contributed by atoms with Gasteiger partial charge in [0.15, 0.2) is 0 Å². The van der Waals surface area contributed by atoms with Crippen LogP contribution in [0.1, 0.15) is 17.4 Å². The molecule has 0 aliphatic rings. The molecule has 0 saturated carbocycles. The van der Waals surface area contributed by atoms with Crippen LogP contribution in [0.15, 0.2) is 29.9 Å². The molecule has 0 saturated heterocycles. The van der Waals surface area contributed by atoms with Crippen LogP contribution in [0.2, 0.25) is 10.0 Å². The molecule has 0 radical (unpaired) electrons. The van der Waals surface area contributed by atoms with Crippen molar-refractivity contribution >= 4 is 34.5 Å². The van der Waals surface area contributed by atoms with Crippen LogP contribution in [0, 0.1) is 0 Å². The van der Waals surface area contributed by atoms with Gasteiger partial charge in [-0.05, 0) is 37.1 Å². The van der Waals surface area contributed by atoms with E-state index in [-0.39, 0.29) is 0 Å². The number of nitrogens with zero attached hydrogens (tertiary/aromatic N) is 1. The highest BCUT2D eigenvalue weighted by molar-refractivity contribution is 7.09. The number of thiazole rings is 1. The van der Waals surface area contributed by atoms with E-state index in [9.17, 15) is 0 Å². The van der Waals surface area contributed by atoms with Gasteiger partial charge in [-0.25, -0.2) is 0 Å². The van der Waals surface area contributed by atoms with E-state index in [1.54, 1.807) is 11.3 Å². The lowest BCUT2D eigenvalue weighted by molar-refractivity contribution is 0.524. The van der Waals surface area contributed by atoms with E-state index in [0.29, 0.717) is 16.1 Å². The maximum Gasteiger partial charge on any atom is 0.0794 e. The summed E-state index contributed by atoms with van der Waals surface area (Å²) in [5.74, 6) is 0. The summed E-state index contributed by atoms with van der Waals surface area (Å²) in [5.41, 5.74) is 3.07. The van der Waals surface area contributed by atoms with Crippen molar-refractivity contribution < 1.29 is 0 Å². The van der Waals surface area contributed by atoms with Crippen LogP contribution in [0.5, 0.6) is 0 Å². The molecule has 0 fully saturated rings. The lowest BCUT2D eigenvalue weighted by Gasteiger charge is -2.17. The zero-order valence-electron chi connectivity index (χ0n) is 10.7. The Morgan fingerprint density at radius 1 is 1.26 bits per heavy atom. The molecular weight excluding hydrogens is 299 g/mol. The first-order valence-electron chi connectivity index (χ1n) is 6.23. The number of rotatable bonds is 6. The number of nitrogens with one attached hydrogen (secondary N) is 1. The van der Waals surface area contributed by atoms with E-state index in [1.807, 2.05) is 29.9 Å². The lowest BCUT2D eigenvalue weighted by Crippen LogP contribution is -2.32. The Morgan fingerprint density at radius 2 is 2.11 bits per heavy atom. The van der Waals surface area contributed by atoms with E-state index < -0.39 is 0 Å². The van der Waals surface area contributed by atoms with Crippen LogP contribution in [0.4, 0.5) is 0 Å². The summed E-state index contributed by atoms with van der Waals surface area (Å²) >= 11 is 13.7. The number of aromatic nitrogens is 1. The molecule has 1 unspecified atom stereocenters. The molecule has 19 heavy (non-hydrogen) atoms. The minimum atomic E-state index is 0.391. The summed E-state index contributed by atoms with van der Waals surface area (Å²) in [6, 6.07) is 6.23. The molecule has 0 amide bonds. The number of likely N-dealkylation sites (N-methyl/N-ethyl adjacent to an activating group) is 1. The maximum atomic E-state index is 6.06. The highest BCUT2D eigenvalue weighted by atomic mass is 35.5. The molecule has 1 atom stereocenters. The van der Waals surface area contributed by atoms with Gasteiger partial charge in [-0.1, -0.05) is 36.2 Å².